The molecule has 0 saturated heterocycles. The largest absolute Gasteiger partial charge is 0.394 e. The number of nitrogens with one attached hydrogen (secondary N) is 1. The minimum atomic E-state index is -0.144. The lowest BCUT2D eigenvalue weighted by Crippen LogP contribution is -2.25. The molecule has 0 unspecified atom stereocenters. The third kappa shape index (κ3) is 5.35. The lowest BCUT2D eigenvalue weighted by molar-refractivity contribution is 0.0867. The Labute approximate surface area is 119 Å². The maximum atomic E-state index is 11.7. The molecule has 1 aromatic rings. The quantitative estimate of drug-likeness (QED) is 0.751. The van der Waals surface area contributed by atoms with Gasteiger partial charge in [-0.2, -0.15) is 0 Å². The van der Waals surface area contributed by atoms with Crippen molar-refractivity contribution in [3.05, 3.63) is 33.3 Å². The number of hydrogen-bond donors (Lipinski definition) is 2. The molecule has 0 aliphatic rings. The fraction of sp³-hybridized carbons (Fsp3) is 0.417. The number of carbonyl (C=O) groups is 1. The van der Waals surface area contributed by atoms with Crippen molar-refractivity contribution in [2.75, 3.05) is 26.4 Å². The maximum Gasteiger partial charge on any atom is 0.251 e. The molecule has 2 N–H and O–H groups in total. The first-order valence-corrected chi connectivity index (χ1v) is 6.74. The van der Waals surface area contributed by atoms with Crippen molar-refractivity contribution >= 4 is 33.4 Å². The monoisotopic (exact) mass is 335 g/mol. The summed E-state index contributed by atoms with van der Waals surface area (Å²) in [6.45, 7) is 1.40. The second-order valence-electron chi connectivity index (χ2n) is 3.57. The fourth-order valence-electron chi connectivity index (χ4n) is 1.28. The number of benzene rings is 1. The van der Waals surface area contributed by atoms with E-state index in [0.29, 0.717) is 41.2 Å². The summed E-state index contributed by atoms with van der Waals surface area (Å²) < 4.78 is 5.78. The number of ether oxygens (including phenoxy) is 1. The number of hydrogen-bond acceptors (Lipinski definition) is 3. The number of rotatable bonds is 7. The highest BCUT2D eigenvalue weighted by Gasteiger charge is 2.06. The first-order chi connectivity index (χ1) is 8.65. The molecule has 0 heterocycles. The number of carbonyl (C=O) groups excluding carboxylic acids is 1. The van der Waals surface area contributed by atoms with E-state index in [1.54, 1.807) is 18.2 Å². The van der Waals surface area contributed by atoms with E-state index in [-0.39, 0.29) is 12.5 Å². The van der Waals surface area contributed by atoms with Gasteiger partial charge in [-0.05, 0) is 40.5 Å². The number of amides is 1. The van der Waals surface area contributed by atoms with Crippen molar-refractivity contribution in [2.24, 2.45) is 0 Å². The first-order valence-electron chi connectivity index (χ1n) is 5.57. The summed E-state index contributed by atoms with van der Waals surface area (Å²) in [6, 6.07) is 5.02. The fourth-order valence-corrected chi connectivity index (χ4v) is 1.78. The zero-order chi connectivity index (χ0) is 13.4. The van der Waals surface area contributed by atoms with Crippen molar-refractivity contribution in [3.63, 3.8) is 0 Å². The normalized spacial score (nSPS) is 10.4. The predicted octanol–water partition coefficient (Wildman–Crippen LogP) is 2.23. The van der Waals surface area contributed by atoms with Crippen LogP contribution in [0.15, 0.2) is 22.7 Å². The smallest absolute Gasteiger partial charge is 0.251 e. The van der Waals surface area contributed by atoms with Crippen molar-refractivity contribution in [1.29, 1.82) is 0 Å². The highest BCUT2D eigenvalue weighted by Crippen LogP contribution is 2.23. The van der Waals surface area contributed by atoms with Gasteiger partial charge in [-0.3, -0.25) is 4.79 Å². The van der Waals surface area contributed by atoms with Gasteiger partial charge in [0, 0.05) is 23.2 Å². The summed E-state index contributed by atoms with van der Waals surface area (Å²) in [5, 5.41) is 11.8. The van der Waals surface area contributed by atoms with Gasteiger partial charge in [0.15, 0.2) is 0 Å². The topological polar surface area (TPSA) is 58.6 Å². The second kappa shape index (κ2) is 8.48. The lowest BCUT2D eigenvalue weighted by Gasteiger charge is -2.06. The Kier molecular flexibility index (Phi) is 7.27. The molecule has 1 rings (SSSR count). The molecule has 0 bridgehead atoms. The molecule has 0 fully saturated rings. The summed E-state index contributed by atoms with van der Waals surface area (Å²) >= 11 is 9.11. The van der Waals surface area contributed by atoms with Crippen LogP contribution in [0.25, 0.3) is 0 Å². The Bertz CT molecular complexity index is 401. The van der Waals surface area contributed by atoms with E-state index < -0.39 is 0 Å². The van der Waals surface area contributed by atoms with Crippen LogP contribution in [0.1, 0.15) is 16.8 Å². The minimum absolute atomic E-state index is 0.0190. The third-order valence-corrected chi connectivity index (χ3v) is 3.38. The van der Waals surface area contributed by atoms with E-state index in [9.17, 15) is 4.79 Å². The molecule has 0 radical (unpaired) electrons. The van der Waals surface area contributed by atoms with Crippen LogP contribution in [-0.2, 0) is 4.74 Å². The van der Waals surface area contributed by atoms with Gasteiger partial charge >= 0.3 is 0 Å². The lowest BCUT2D eigenvalue weighted by atomic mass is 10.2. The zero-order valence-corrected chi connectivity index (χ0v) is 12.1. The SMILES string of the molecule is O=C(NCCCOCCO)c1ccc(Cl)c(Br)c1. The molecule has 6 heteroatoms. The van der Waals surface area contributed by atoms with E-state index in [2.05, 4.69) is 21.2 Å². The molecule has 0 spiro atoms. The first kappa shape index (κ1) is 15.4. The van der Waals surface area contributed by atoms with Gasteiger partial charge in [-0.25, -0.2) is 0 Å². The molecule has 1 aromatic carbocycles. The van der Waals surface area contributed by atoms with Gasteiger partial charge in [0.05, 0.1) is 18.2 Å². The van der Waals surface area contributed by atoms with E-state index in [0.717, 1.165) is 0 Å². The maximum absolute atomic E-state index is 11.7. The Hall–Kier alpha value is -0.620. The molecule has 0 atom stereocenters. The molecule has 1 amide bonds. The van der Waals surface area contributed by atoms with Crippen molar-refractivity contribution in [2.45, 2.75) is 6.42 Å². The van der Waals surface area contributed by atoms with Crippen LogP contribution in [0.3, 0.4) is 0 Å². The molecule has 0 saturated carbocycles. The molecule has 0 aliphatic carbocycles. The average molecular weight is 337 g/mol. The van der Waals surface area contributed by atoms with Crippen molar-refractivity contribution in [1.82, 2.24) is 5.32 Å². The van der Waals surface area contributed by atoms with Crippen LogP contribution in [-0.4, -0.2) is 37.4 Å². The highest BCUT2D eigenvalue weighted by molar-refractivity contribution is 9.10. The van der Waals surface area contributed by atoms with Crippen molar-refractivity contribution < 1.29 is 14.6 Å². The molecule has 0 aromatic heterocycles. The Morgan fingerprint density at radius 1 is 1.44 bits per heavy atom. The van der Waals surface area contributed by atoms with Gasteiger partial charge < -0.3 is 15.2 Å². The van der Waals surface area contributed by atoms with Gasteiger partial charge in [0.1, 0.15) is 0 Å². The number of halogens is 2. The van der Waals surface area contributed by atoms with Crippen LogP contribution in [0.5, 0.6) is 0 Å². The van der Waals surface area contributed by atoms with Gasteiger partial charge in [0.2, 0.25) is 0 Å². The summed E-state index contributed by atoms with van der Waals surface area (Å²) in [6.07, 6.45) is 0.709. The summed E-state index contributed by atoms with van der Waals surface area (Å²) in [4.78, 5) is 11.7. The molecule has 18 heavy (non-hydrogen) atoms. The standard InChI is InChI=1S/C12H15BrClNO3/c13-10-8-9(2-3-11(10)14)12(17)15-4-1-6-18-7-5-16/h2-3,8,16H,1,4-7H2,(H,15,17). The number of aliphatic hydroxyl groups excluding tert-OH is 1. The zero-order valence-electron chi connectivity index (χ0n) is 9.79. The summed E-state index contributed by atoms with van der Waals surface area (Å²) in [7, 11) is 0. The average Bonchev–Trinajstić information content (AvgIpc) is 2.36. The van der Waals surface area contributed by atoms with Crippen LogP contribution >= 0.6 is 27.5 Å². The van der Waals surface area contributed by atoms with Gasteiger partial charge in [-0.1, -0.05) is 11.6 Å². The van der Waals surface area contributed by atoms with E-state index >= 15 is 0 Å². The molecular formula is C12H15BrClNO3. The number of aliphatic hydroxyl groups is 1. The van der Waals surface area contributed by atoms with Crippen molar-refractivity contribution in [3.8, 4) is 0 Å². The third-order valence-electron chi connectivity index (χ3n) is 2.17. The Morgan fingerprint density at radius 3 is 2.89 bits per heavy atom. The minimum Gasteiger partial charge on any atom is -0.394 e. The Balaban J connectivity index is 2.30. The molecule has 0 aliphatic heterocycles. The van der Waals surface area contributed by atoms with Crippen LogP contribution in [0, 0.1) is 0 Å². The molecular weight excluding hydrogens is 321 g/mol. The predicted molar refractivity (Wildman–Crippen MR) is 74.0 cm³/mol. The summed E-state index contributed by atoms with van der Waals surface area (Å²) in [5.41, 5.74) is 0.558. The Morgan fingerprint density at radius 2 is 2.22 bits per heavy atom. The highest BCUT2D eigenvalue weighted by atomic mass is 79.9. The van der Waals surface area contributed by atoms with Crippen LogP contribution in [0.2, 0.25) is 5.02 Å². The molecule has 4 nitrogen and oxygen atoms in total. The van der Waals surface area contributed by atoms with Crippen LogP contribution in [0.4, 0.5) is 0 Å². The van der Waals surface area contributed by atoms with E-state index in [1.807, 2.05) is 0 Å². The second-order valence-corrected chi connectivity index (χ2v) is 4.84. The van der Waals surface area contributed by atoms with Gasteiger partial charge in [-0.15, -0.1) is 0 Å². The van der Waals surface area contributed by atoms with Gasteiger partial charge in [0.25, 0.3) is 5.91 Å². The summed E-state index contributed by atoms with van der Waals surface area (Å²) in [5.74, 6) is -0.144. The van der Waals surface area contributed by atoms with E-state index in [1.165, 1.54) is 0 Å². The van der Waals surface area contributed by atoms with Crippen LogP contribution < -0.4 is 5.32 Å². The van der Waals surface area contributed by atoms with E-state index in [4.69, 9.17) is 21.4 Å². The molecule has 100 valence electrons.